The topological polar surface area (TPSA) is 0 Å². The van der Waals surface area contributed by atoms with Crippen molar-refractivity contribution in [3.8, 4) is 11.1 Å². The third kappa shape index (κ3) is 3.40. The third-order valence-electron chi connectivity index (χ3n) is 5.08. The number of rotatable bonds is 4. The Balaban J connectivity index is 1.82. The molecule has 3 rings (SSSR count). The third-order valence-corrected chi connectivity index (χ3v) is 5.08. The van der Waals surface area contributed by atoms with Crippen LogP contribution in [0.3, 0.4) is 0 Å². The highest BCUT2D eigenvalue weighted by molar-refractivity contribution is 5.65. The average Bonchev–Trinajstić information content (AvgIpc) is 2.61. The molecule has 0 amide bonds. The summed E-state index contributed by atoms with van der Waals surface area (Å²) in [5.74, 6) is -0.0512. The van der Waals surface area contributed by atoms with E-state index in [0.717, 1.165) is 31.2 Å². The maximum atomic E-state index is 14.5. The van der Waals surface area contributed by atoms with Crippen LogP contribution < -0.4 is 0 Å². The van der Waals surface area contributed by atoms with Crippen LogP contribution in [0.25, 0.3) is 11.1 Å². The Morgan fingerprint density at radius 3 is 2.29 bits per heavy atom. The Labute approximate surface area is 141 Å². The summed E-state index contributed by atoms with van der Waals surface area (Å²) in [6, 6.07) is 9.32. The molecule has 0 radical (unpaired) electrons. The van der Waals surface area contributed by atoms with Gasteiger partial charge in [0, 0.05) is 11.1 Å². The van der Waals surface area contributed by atoms with Gasteiger partial charge >= 0.3 is 0 Å². The molecule has 0 saturated heterocycles. The van der Waals surface area contributed by atoms with Gasteiger partial charge in [-0.15, -0.1) is 6.58 Å². The monoisotopic (exact) mass is 330 g/mol. The molecule has 24 heavy (non-hydrogen) atoms. The Hall–Kier alpha value is -2.03. The van der Waals surface area contributed by atoms with Crippen LogP contribution >= 0.6 is 0 Å². The summed E-state index contributed by atoms with van der Waals surface area (Å²) in [5, 5.41) is 0. The van der Waals surface area contributed by atoms with Crippen LogP contribution in [0, 0.1) is 17.6 Å². The minimum atomic E-state index is -0.860. The molecular weight excluding hydrogens is 309 g/mol. The van der Waals surface area contributed by atoms with E-state index in [1.807, 2.05) is 12.1 Å². The molecule has 0 atom stereocenters. The van der Waals surface area contributed by atoms with Gasteiger partial charge in [0.1, 0.15) is 18.3 Å². The Morgan fingerprint density at radius 2 is 1.71 bits per heavy atom. The van der Waals surface area contributed by atoms with Crippen molar-refractivity contribution in [2.24, 2.45) is 5.92 Å². The number of benzene rings is 2. The van der Waals surface area contributed by atoms with E-state index in [9.17, 15) is 13.2 Å². The molecule has 0 heterocycles. The smallest absolute Gasteiger partial charge is 0.131 e. The molecule has 0 aliphatic heterocycles. The second-order valence-corrected chi connectivity index (χ2v) is 6.53. The van der Waals surface area contributed by atoms with Crippen LogP contribution in [0.1, 0.15) is 42.7 Å². The van der Waals surface area contributed by atoms with Gasteiger partial charge < -0.3 is 0 Å². The lowest BCUT2D eigenvalue weighted by Gasteiger charge is -2.27. The van der Waals surface area contributed by atoms with Crippen molar-refractivity contribution in [2.75, 3.05) is 0 Å². The van der Waals surface area contributed by atoms with Crippen LogP contribution in [0.5, 0.6) is 0 Å². The zero-order chi connectivity index (χ0) is 17.1. The van der Waals surface area contributed by atoms with E-state index in [-0.39, 0.29) is 11.4 Å². The lowest BCUT2D eigenvalue weighted by Crippen LogP contribution is -2.11. The maximum Gasteiger partial charge on any atom is 0.131 e. The first-order valence-corrected chi connectivity index (χ1v) is 8.39. The number of hydrogen-bond donors (Lipinski definition) is 0. The van der Waals surface area contributed by atoms with E-state index in [1.54, 1.807) is 18.2 Å². The molecule has 0 bridgehead atoms. The SMILES string of the molecule is C=CC1CCC(c2ccc(-c3ccc(CF)c(F)c3)c(F)c2)CC1. The predicted octanol–water partition coefficient (Wildman–Crippen LogP) is 6.56. The molecule has 0 aromatic heterocycles. The lowest BCUT2D eigenvalue weighted by molar-refractivity contribution is 0.375. The summed E-state index contributed by atoms with van der Waals surface area (Å²) in [5.41, 5.74) is 1.78. The van der Waals surface area contributed by atoms with Crippen molar-refractivity contribution >= 4 is 0 Å². The highest BCUT2D eigenvalue weighted by Crippen LogP contribution is 2.37. The molecule has 1 saturated carbocycles. The molecule has 0 spiro atoms. The van der Waals surface area contributed by atoms with Crippen LogP contribution in [0.15, 0.2) is 49.1 Å². The normalized spacial score (nSPS) is 20.8. The minimum absolute atomic E-state index is 0.00485. The fraction of sp³-hybridized carbons (Fsp3) is 0.333. The predicted molar refractivity (Wildman–Crippen MR) is 91.5 cm³/mol. The van der Waals surface area contributed by atoms with E-state index in [2.05, 4.69) is 6.58 Å². The molecule has 0 nitrogen and oxygen atoms in total. The zero-order valence-corrected chi connectivity index (χ0v) is 13.6. The standard InChI is InChI=1S/C21H21F3/c1-2-14-3-5-15(6-4-14)16-9-10-19(21(24)11-16)17-7-8-18(13-22)20(23)12-17/h2,7-12,14-15H,1,3-6,13H2. The van der Waals surface area contributed by atoms with Gasteiger partial charge in [0.15, 0.2) is 0 Å². The molecule has 126 valence electrons. The Kier molecular flexibility index (Phi) is 5.08. The highest BCUT2D eigenvalue weighted by atomic mass is 19.1. The molecule has 0 N–H and O–H groups in total. The van der Waals surface area contributed by atoms with Gasteiger partial charge in [-0.1, -0.05) is 30.3 Å². The summed E-state index contributed by atoms with van der Waals surface area (Å²) >= 11 is 0. The quantitative estimate of drug-likeness (QED) is 0.557. The summed E-state index contributed by atoms with van der Waals surface area (Å²) in [6.07, 6.45) is 6.26. The van der Waals surface area contributed by atoms with Crippen molar-refractivity contribution in [3.05, 3.63) is 71.8 Å². The van der Waals surface area contributed by atoms with Gasteiger partial charge in [0.2, 0.25) is 0 Å². The van der Waals surface area contributed by atoms with Gasteiger partial charge in [0.05, 0.1) is 0 Å². The van der Waals surface area contributed by atoms with Gasteiger partial charge in [-0.05, 0) is 60.8 Å². The average molecular weight is 330 g/mol. The summed E-state index contributed by atoms with van der Waals surface area (Å²) in [7, 11) is 0. The van der Waals surface area contributed by atoms with Crippen LogP contribution in [-0.2, 0) is 6.67 Å². The molecule has 1 aliphatic carbocycles. The van der Waals surface area contributed by atoms with Crippen LogP contribution in [0.4, 0.5) is 13.2 Å². The zero-order valence-electron chi connectivity index (χ0n) is 13.6. The maximum absolute atomic E-state index is 14.5. The van der Waals surface area contributed by atoms with E-state index in [4.69, 9.17) is 0 Å². The second kappa shape index (κ2) is 7.25. The second-order valence-electron chi connectivity index (χ2n) is 6.53. The van der Waals surface area contributed by atoms with E-state index >= 15 is 0 Å². The molecule has 3 heteroatoms. The fourth-order valence-corrected chi connectivity index (χ4v) is 3.53. The molecular formula is C21H21F3. The van der Waals surface area contributed by atoms with Gasteiger partial charge in [-0.2, -0.15) is 0 Å². The van der Waals surface area contributed by atoms with Crippen molar-refractivity contribution in [2.45, 2.75) is 38.3 Å². The van der Waals surface area contributed by atoms with Crippen molar-refractivity contribution in [3.63, 3.8) is 0 Å². The largest absolute Gasteiger partial charge is 0.246 e. The minimum Gasteiger partial charge on any atom is -0.246 e. The van der Waals surface area contributed by atoms with Crippen molar-refractivity contribution < 1.29 is 13.2 Å². The number of hydrogen-bond acceptors (Lipinski definition) is 0. The van der Waals surface area contributed by atoms with E-state index in [1.165, 1.54) is 12.1 Å². The molecule has 0 unspecified atom stereocenters. The fourth-order valence-electron chi connectivity index (χ4n) is 3.53. The lowest BCUT2D eigenvalue weighted by atomic mass is 9.78. The molecule has 1 fully saturated rings. The van der Waals surface area contributed by atoms with Gasteiger partial charge in [0.25, 0.3) is 0 Å². The van der Waals surface area contributed by atoms with Crippen LogP contribution in [-0.4, -0.2) is 0 Å². The molecule has 1 aliphatic rings. The summed E-state index contributed by atoms with van der Waals surface area (Å²) in [6.45, 7) is 2.99. The first kappa shape index (κ1) is 16.8. The van der Waals surface area contributed by atoms with E-state index in [0.29, 0.717) is 23.0 Å². The number of halogens is 3. The van der Waals surface area contributed by atoms with E-state index < -0.39 is 12.5 Å². The van der Waals surface area contributed by atoms with Gasteiger partial charge in [-0.25, -0.2) is 13.2 Å². The molecule has 2 aromatic carbocycles. The Morgan fingerprint density at radius 1 is 0.958 bits per heavy atom. The number of allylic oxidation sites excluding steroid dienone is 1. The van der Waals surface area contributed by atoms with Crippen molar-refractivity contribution in [1.82, 2.24) is 0 Å². The Bertz CT molecular complexity index is 728. The first-order chi connectivity index (χ1) is 11.6. The summed E-state index contributed by atoms with van der Waals surface area (Å²) in [4.78, 5) is 0. The van der Waals surface area contributed by atoms with Crippen LogP contribution in [0.2, 0.25) is 0 Å². The number of alkyl halides is 1. The highest BCUT2D eigenvalue weighted by Gasteiger charge is 2.21. The summed E-state index contributed by atoms with van der Waals surface area (Å²) < 4.78 is 40.9. The molecule has 2 aromatic rings. The first-order valence-electron chi connectivity index (χ1n) is 8.39. The van der Waals surface area contributed by atoms with Crippen molar-refractivity contribution in [1.29, 1.82) is 0 Å². The van der Waals surface area contributed by atoms with Gasteiger partial charge in [-0.3, -0.25) is 0 Å².